The summed E-state index contributed by atoms with van der Waals surface area (Å²) >= 11 is 6.67. The number of fused-ring (bicyclic) bond motifs is 1. The summed E-state index contributed by atoms with van der Waals surface area (Å²) < 4.78 is 3.65. The van der Waals surface area contributed by atoms with Gasteiger partial charge in [0.1, 0.15) is 24.4 Å². The SMILES string of the molecule is CC(C)(C)CNc1c(C#N)cnc2c(N[C@@H](c3cccc(-n4cncn4)c3)c3cn(C4CC4)nn3)cc(Cl)cc12. The molecule has 0 unspecified atom stereocenters. The summed E-state index contributed by atoms with van der Waals surface area (Å²) in [6.45, 7) is 7.10. The molecule has 3 heterocycles. The van der Waals surface area contributed by atoms with E-state index in [1.807, 2.05) is 47.3 Å². The number of anilines is 2. The zero-order chi connectivity index (χ0) is 27.9. The highest BCUT2D eigenvalue weighted by atomic mass is 35.5. The number of pyridine rings is 1. The van der Waals surface area contributed by atoms with E-state index < -0.39 is 0 Å². The van der Waals surface area contributed by atoms with Crippen molar-refractivity contribution in [1.29, 1.82) is 5.26 Å². The molecule has 0 bridgehead atoms. The van der Waals surface area contributed by atoms with Gasteiger partial charge in [-0.3, -0.25) is 4.98 Å². The third kappa shape index (κ3) is 5.33. The molecule has 3 aromatic heterocycles. The van der Waals surface area contributed by atoms with E-state index >= 15 is 0 Å². The van der Waals surface area contributed by atoms with Crippen LogP contribution in [-0.2, 0) is 0 Å². The average Bonchev–Trinajstić information content (AvgIpc) is 3.41. The van der Waals surface area contributed by atoms with Crippen molar-refractivity contribution in [1.82, 2.24) is 34.7 Å². The van der Waals surface area contributed by atoms with Gasteiger partial charge in [0.15, 0.2) is 0 Å². The molecule has 0 aliphatic heterocycles. The Morgan fingerprint density at radius 2 is 2.05 bits per heavy atom. The van der Waals surface area contributed by atoms with Crippen LogP contribution in [0.5, 0.6) is 0 Å². The second-order valence-electron chi connectivity index (χ2n) is 11.3. The molecule has 2 N–H and O–H groups in total. The van der Waals surface area contributed by atoms with Gasteiger partial charge in [-0.25, -0.2) is 14.3 Å². The summed E-state index contributed by atoms with van der Waals surface area (Å²) in [4.78, 5) is 8.78. The maximum atomic E-state index is 9.84. The van der Waals surface area contributed by atoms with Crippen molar-refractivity contribution in [3.8, 4) is 11.8 Å². The minimum atomic E-state index is -0.360. The molecule has 2 aromatic carbocycles. The Kier molecular flexibility index (Phi) is 6.60. The first-order valence-electron chi connectivity index (χ1n) is 13.2. The number of aromatic nitrogens is 7. The van der Waals surface area contributed by atoms with Crippen molar-refractivity contribution in [3.63, 3.8) is 0 Å². The predicted octanol–water partition coefficient (Wildman–Crippen LogP) is 5.93. The van der Waals surface area contributed by atoms with E-state index in [1.165, 1.54) is 6.33 Å². The maximum Gasteiger partial charge on any atom is 0.138 e. The van der Waals surface area contributed by atoms with Crippen LogP contribution in [0, 0.1) is 16.7 Å². The van der Waals surface area contributed by atoms with Crippen LogP contribution in [0.2, 0.25) is 5.02 Å². The molecule has 5 aromatic rings. The smallest absolute Gasteiger partial charge is 0.138 e. The molecule has 40 heavy (non-hydrogen) atoms. The molecule has 0 amide bonds. The molecule has 0 saturated heterocycles. The van der Waals surface area contributed by atoms with Gasteiger partial charge in [-0.1, -0.05) is 49.7 Å². The molecule has 1 aliphatic carbocycles. The molecule has 0 spiro atoms. The Morgan fingerprint density at radius 3 is 2.77 bits per heavy atom. The Balaban J connectivity index is 1.46. The van der Waals surface area contributed by atoms with Gasteiger partial charge in [-0.05, 0) is 48.1 Å². The molecule has 11 heteroatoms. The minimum absolute atomic E-state index is 0.00949. The highest BCUT2D eigenvalue weighted by Gasteiger charge is 2.28. The van der Waals surface area contributed by atoms with Crippen LogP contribution in [0.3, 0.4) is 0 Å². The van der Waals surface area contributed by atoms with Crippen LogP contribution in [0.1, 0.15) is 62.5 Å². The van der Waals surface area contributed by atoms with E-state index in [-0.39, 0.29) is 11.5 Å². The zero-order valence-electron chi connectivity index (χ0n) is 22.5. The minimum Gasteiger partial charge on any atom is -0.383 e. The van der Waals surface area contributed by atoms with Crippen molar-refractivity contribution < 1.29 is 0 Å². The summed E-state index contributed by atoms with van der Waals surface area (Å²) in [5.74, 6) is 0. The number of hydrogen-bond acceptors (Lipinski definition) is 8. The maximum absolute atomic E-state index is 9.84. The summed E-state index contributed by atoms with van der Waals surface area (Å²) in [6, 6.07) is 14.1. The lowest BCUT2D eigenvalue weighted by Gasteiger charge is -2.23. The highest BCUT2D eigenvalue weighted by molar-refractivity contribution is 6.32. The topological polar surface area (TPSA) is 122 Å². The monoisotopic (exact) mass is 552 g/mol. The van der Waals surface area contributed by atoms with Crippen LogP contribution in [-0.4, -0.2) is 41.3 Å². The first-order chi connectivity index (χ1) is 19.3. The number of nitrogens with zero attached hydrogens (tertiary/aromatic N) is 8. The van der Waals surface area contributed by atoms with Gasteiger partial charge in [-0.2, -0.15) is 10.4 Å². The Morgan fingerprint density at radius 1 is 1.20 bits per heavy atom. The zero-order valence-corrected chi connectivity index (χ0v) is 23.3. The number of hydrogen-bond donors (Lipinski definition) is 2. The lowest BCUT2D eigenvalue weighted by Crippen LogP contribution is -2.20. The molecule has 202 valence electrons. The van der Waals surface area contributed by atoms with Gasteiger partial charge in [0.25, 0.3) is 0 Å². The van der Waals surface area contributed by atoms with Crippen molar-refractivity contribution in [2.24, 2.45) is 5.41 Å². The number of benzene rings is 2. The molecular formula is C29H29ClN10. The Bertz CT molecular complexity index is 1710. The number of halogens is 1. The fourth-order valence-corrected chi connectivity index (χ4v) is 4.84. The van der Waals surface area contributed by atoms with Gasteiger partial charge in [0.05, 0.1) is 46.4 Å². The van der Waals surface area contributed by atoms with Crippen molar-refractivity contribution in [2.75, 3.05) is 17.2 Å². The van der Waals surface area contributed by atoms with Crippen molar-refractivity contribution in [3.05, 3.63) is 83.3 Å². The van der Waals surface area contributed by atoms with E-state index in [0.717, 1.165) is 46.5 Å². The lowest BCUT2D eigenvalue weighted by molar-refractivity contribution is 0.443. The summed E-state index contributed by atoms with van der Waals surface area (Å²) in [7, 11) is 0. The molecule has 6 rings (SSSR count). The first-order valence-corrected chi connectivity index (χ1v) is 13.6. The van der Waals surface area contributed by atoms with E-state index in [2.05, 4.69) is 57.9 Å². The van der Waals surface area contributed by atoms with E-state index in [9.17, 15) is 5.26 Å². The molecular weight excluding hydrogens is 524 g/mol. The van der Waals surface area contributed by atoms with Crippen molar-refractivity contribution >= 4 is 33.9 Å². The van der Waals surface area contributed by atoms with Crippen LogP contribution in [0.4, 0.5) is 11.4 Å². The number of nitriles is 1. The van der Waals surface area contributed by atoms with Gasteiger partial charge in [-0.15, -0.1) is 5.10 Å². The van der Waals surface area contributed by atoms with E-state index in [1.54, 1.807) is 17.2 Å². The second kappa shape index (κ2) is 10.2. The quantitative estimate of drug-likeness (QED) is 0.243. The molecule has 1 fully saturated rings. The van der Waals surface area contributed by atoms with Gasteiger partial charge in [0.2, 0.25) is 0 Å². The van der Waals surface area contributed by atoms with Crippen LogP contribution in [0.25, 0.3) is 16.6 Å². The second-order valence-corrected chi connectivity index (χ2v) is 11.7. The fourth-order valence-electron chi connectivity index (χ4n) is 4.62. The van der Waals surface area contributed by atoms with E-state index in [0.29, 0.717) is 28.7 Å². The van der Waals surface area contributed by atoms with Crippen molar-refractivity contribution in [2.45, 2.75) is 45.7 Å². The predicted molar refractivity (Wildman–Crippen MR) is 155 cm³/mol. The lowest BCUT2D eigenvalue weighted by atomic mass is 9.96. The first kappa shape index (κ1) is 25.8. The molecule has 1 atom stereocenters. The fraction of sp³-hybridized carbons (Fsp3) is 0.310. The number of rotatable bonds is 8. The third-order valence-electron chi connectivity index (χ3n) is 6.78. The van der Waals surface area contributed by atoms with Crippen LogP contribution in [0.15, 0.2) is 61.4 Å². The van der Waals surface area contributed by atoms with Crippen LogP contribution >= 0.6 is 11.6 Å². The molecule has 10 nitrogen and oxygen atoms in total. The Hall–Kier alpha value is -4.49. The normalized spacial score (nSPS) is 14.2. The molecule has 1 aliphatic rings. The average molecular weight is 553 g/mol. The standard InChI is InChI=1S/C29H29ClN10/c1-29(2,3)15-34-26-19(12-31)13-33-28-23(26)10-20(30)11-24(28)36-27(25-14-39(38-37-25)21-7-8-21)18-5-4-6-22(9-18)40-17-32-16-35-40/h4-6,9-11,13-14,16-17,21,27,36H,7-8,15H2,1-3H3,(H,33,34)/t27-/m0/s1. The van der Waals surface area contributed by atoms with Crippen LogP contribution < -0.4 is 10.6 Å². The van der Waals surface area contributed by atoms with Gasteiger partial charge >= 0.3 is 0 Å². The van der Waals surface area contributed by atoms with Gasteiger partial charge < -0.3 is 10.6 Å². The summed E-state index contributed by atoms with van der Waals surface area (Å²) in [5.41, 5.74) is 5.23. The Labute approximate surface area is 237 Å². The number of nitrogens with one attached hydrogen (secondary N) is 2. The largest absolute Gasteiger partial charge is 0.383 e. The summed E-state index contributed by atoms with van der Waals surface area (Å²) in [6.07, 6.45) is 9.00. The van der Waals surface area contributed by atoms with Gasteiger partial charge in [0, 0.05) is 23.2 Å². The third-order valence-corrected chi connectivity index (χ3v) is 7.00. The molecule has 0 radical (unpaired) electrons. The molecule has 1 saturated carbocycles. The summed E-state index contributed by atoms with van der Waals surface area (Å²) in [5, 5.41) is 31.5. The highest BCUT2D eigenvalue weighted by Crippen LogP contribution is 2.38. The van der Waals surface area contributed by atoms with E-state index in [4.69, 9.17) is 16.6 Å².